The molecule has 3 nitrogen and oxygen atoms in total. The first-order valence-corrected chi connectivity index (χ1v) is 6.38. The minimum atomic E-state index is -0.563. The summed E-state index contributed by atoms with van der Waals surface area (Å²) in [6.45, 7) is 1.49. The smallest absolute Gasteiger partial charge is 0.258 e. The van der Waals surface area contributed by atoms with Crippen LogP contribution < -0.4 is 5.32 Å². The molecule has 2 N–H and O–H groups in total. The summed E-state index contributed by atoms with van der Waals surface area (Å²) in [4.78, 5) is 12.1. The van der Waals surface area contributed by atoms with Gasteiger partial charge < -0.3 is 10.4 Å². The van der Waals surface area contributed by atoms with Gasteiger partial charge in [0.05, 0.1) is 11.3 Å². The zero-order chi connectivity index (χ0) is 15.2. The van der Waals surface area contributed by atoms with Crippen LogP contribution in [0.1, 0.15) is 21.5 Å². The first kappa shape index (κ1) is 14.8. The van der Waals surface area contributed by atoms with Crippen molar-refractivity contribution in [2.45, 2.75) is 6.92 Å². The first-order valence-electron chi connectivity index (χ1n) is 6.38. The lowest BCUT2D eigenvalue weighted by atomic mass is 10.1. The van der Waals surface area contributed by atoms with Gasteiger partial charge in [-0.25, -0.2) is 4.39 Å². The Labute approximate surface area is 122 Å². The number of nitrogens with one attached hydrogen (secondary N) is 1. The molecule has 2 aromatic rings. The molecule has 0 bridgehead atoms. The molecule has 0 aliphatic heterocycles. The van der Waals surface area contributed by atoms with E-state index in [2.05, 4.69) is 17.2 Å². The molecule has 0 fully saturated rings. The summed E-state index contributed by atoms with van der Waals surface area (Å²) in [7, 11) is 0. The van der Waals surface area contributed by atoms with Crippen LogP contribution in [0.15, 0.2) is 42.5 Å². The number of hydrogen-bond acceptors (Lipinski definition) is 2. The molecule has 0 heterocycles. The molecule has 0 saturated heterocycles. The number of anilines is 1. The van der Waals surface area contributed by atoms with Crippen LogP contribution in [0.5, 0.6) is 0 Å². The Kier molecular flexibility index (Phi) is 4.70. The largest absolute Gasteiger partial charge is 0.384 e. The molecule has 2 aromatic carbocycles. The Bertz CT molecular complexity index is 729. The Morgan fingerprint density at radius 3 is 2.76 bits per heavy atom. The number of amides is 1. The zero-order valence-corrected chi connectivity index (χ0v) is 11.5. The quantitative estimate of drug-likeness (QED) is 0.833. The summed E-state index contributed by atoms with van der Waals surface area (Å²) in [5, 5.41) is 11.4. The van der Waals surface area contributed by atoms with Crippen LogP contribution in [-0.2, 0) is 0 Å². The molecule has 106 valence electrons. The van der Waals surface area contributed by atoms with Gasteiger partial charge in [-0.3, -0.25) is 4.79 Å². The highest BCUT2D eigenvalue weighted by molar-refractivity contribution is 6.05. The van der Waals surface area contributed by atoms with E-state index in [1.54, 1.807) is 37.3 Å². The van der Waals surface area contributed by atoms with Crippen molar-refractivity contribution < 1.29 is 14.3 Å². The van der Waals surface area contributed by atoms with Crippen molar-refractivity contribution in [1.29, 1.82) is 0 Å². The Hall–Kier alpha value is -2.64. The molecule has 0 atom stereocenters. The maximum atomic E-state index is 13.8. The lowest BCUT2D eigenvalue weighted by Gasteiger charge is -2.08. The number of aliphatic hydroxyl groups excluding tert-OH is 1. The van der Waals surface area contributed by atoms with E-state index in [-0.39, 0.29) is 12.2 Å². The van der Waals surface area contributed by atoms with Crippen molar-refractivity contribution in [2.75, 3.05) is 11.9 Å². The highest BCUT2D eigenvalue weighted by Gasteiger charge is 2.12. The molecular weight excluding hydrogens is 269 g/mol. The molecular formula is C17H14FNO2. The molecule has 0 aromatic heterocycles. The predicted molar refractivity (Wildman–Crippen MR) is 79.5 cm³/mol. The van der Waals surface area contributed by atoms with Crippen molar-refractivity contribution >= 4 is 11.6 Å². The Morgan fingerprint density at radius 2 is 2.05 bits per heavy atom. The number of aryl methyl sites for hydroxylation is 1. The zero-order valence-electron chi connectivity index (χ0n) is 11.5. The Morgan fingerprint density at radius 1 is 1.29 bits per heavy atom. The third-order valence-corrected chi connectivity index (χ3v) is 2.85. The molecule has 0 saturated carbocycles. The topological polar surface area (TPSA) is 49.3 Å². The van der Waals surface area contributed by atoms with E-state index in [0.717, 1.165) is 5.56 Å². The van der Waals surface area contributed by atoms with Gasteiger partial charge >= 0.3 is 0 Å². The van der Waals surface area contributed by atoms with Crippen LogP contribution in [-0.4, -0.2) is 17.6 Å². The maximum absolute atomic E-state index is 13.8. The lowest BCUT2D eigenvalue weighted by Crippen LogP contribution is -2.14. The second kappa shape index (κ2) is 6.69. The second-order valence-electron chi connectivity index (χ2n) is 4.44. The molecule has 21 heavy (non-hydrogen) atoms. The minimum Gasteiger partial charge on any atom is -0.384 e. The summed E-state index contributed by atoms with van der Waals surface area (Å²) in [5.74, 6) is 4.15. The number of benzene rings is 2. The van der Waals surface area contributed by atoms with Gasteiger partial charge in [0.2, 0.25) is 0 Å². The maximum Gasteiger partial charge on any atom is 0.258 e. The van der Waals surface area contributed by atoms with Crippen LogP contribution >= 0.6 is 0 Å². The summed E-state index contributed by atoms with van der Waals surface area (Å²) >= 11 is 0. The van der Waals surface area contributed by atoms with E-state index in [4.69, 9.17) is 5.11 Å². The van der Waals surface area contributed by atoms with Crippen molar-refractivity contribution in [3.63, 3.8) is 0 Å². The van der Waals surface area contributed by atoms with Gasteiger partial charge in [0.25, 0.3) is 5.91 Å². The van der Waals surface area contributed by atoms with Gasteiger partial charge in [-0.2, -0.15) is 0 Å². The van der Waals surface area contributed by atoms with Gasteiger partial charge in [-0.15, -0.1) is 0 Å². The molecule has 2 rings (SSSR count). The fourth-order valence-corrected chi connectivity index (χ4v) is 1.83. The molecule has 1 amide bonds. The first-order chi connectivity index (χ1) is 10.1. The average Bonchev–Trinajstić information content (AvgIpc) is 2.46. The van der Waals surface area contributed by atoms with Gasteiger partial charge in [0.1, 0.15) is 12.4 Å². The fraction of sp³-hybridized carbons (Fsp3) is 0.118. The van der Waals surface area contributed by atoms with E-state index < -0.39 is 11.7 Å². The number of halogens is 1. The SMILES string of the molecule is Cc1ccc(C(=O)Nc2ccccc2C#CCO)c(F)c1. The molecule has 0 radical (unpaired) electrons. The number of hydrogen-bond donors (Lipinski definition) is 2. The fourth-order valence-electron chi connectivity index (χ4n) is 1.83. The van der Waals surface area contributed by atoms with Crippen LogP contribution in [0.3, 0.4) is 0 Å². The van der Waals surface area contributed by atoms with Crippen LogP contribution in [0, 0.1) is 24.6 Å². The van der Waals surface area contributed by atoms with E-state index >= 15 is 0 Å². The molecule has 4 heteroatoms. The number of carbonyl (C=O) groups is 1. The third kappa shape index (κ3) is 3.68. The van der Waals surface area contributed by atoms with Crippen molar-refractivity contribution in [3.05, 3.63) is 65.0 Å². The van der Waals surface area contributed by atoms with Crippen LogP contribution in [0.2, 0.25) is 0 Å². The molecule has 0 aliphatic carbocycles. The van der Waals surface area contributed by atoms with Crippen molar-refractivity contribution in [1.82, 2.24) is 0 Å². The molecule has 0 spiro atoms. The van der Waals surface area contributed by atoms with E-state index in [1.165, 1.54) is 12.1 Å². The van der Waals surface area contributed by atoms with Crippen LogP contribution in [0.4, 0.5) is 10.1 Å². The van der Waals surface area contributed by atoms with Crippen LogP contribution in [0.25, 0.3) is 0 Å². The van der Waals surface area contributed by atoms with Gasteiger partial charge in [-0.05, 0) is 36.8 Å². The average molecular weight is 283 g/mol. The van der Waals surface area contributed by atoms with Gasteiger partial charge in [0.15, 0.2) is 0 Å². The summed E-state index contributed by atoms with van der Waals surface area (Å²) in [6, 6.07) is 11.3. The Balaban J connectivity index is 2.27. The van der Waals surface area contributed by atoms with Crippen molar-refractivity contribution in [3.8, 4) is 11.8 Å². The molecule has 0 unspecified atom stereocenters. The highest BCUT2D eigenvalue weighted by Crippen LogP contribution is 2.17. The number of aliphatic hydroxyl groups is 1. The van der Waals surface area contributed by atoms with Crippen molar-refractivity contribution in [2.24, 2.45) is 0 Å². The minimum absolute atomic E-state index is 0.0227. The van der Waals surface area contributed by atoms with Gasteiger partial charge in [0, 0.05) is 5.56 Å². The standard InChI is InChI=1S/C17H14FNO2/c1-12-8-9-14(15(18)11-12)17(21)19-16-7-3-2-5-13(16)6-4-10-20/h2-3,5,7-9,11,20H,10H2,1H3,(H,19,21). The molecule has 0 aliphatic rings. The number of carbonyl (C=O) groups excluding carboxylic acids is 1. The summed E-state index contributed by atoms with van der Waals surface area (Å²) < 4.78 is 13.8. The summed E-state index contributed by atoms with van der Waals surface area (Å²) in [5.41, 5.74) is 1.76. The third-order valence-electron chi connectivity index (χ3n) is 2.85. The predicted octanol–water partition coefficient (Wildman–Crippen LogP) is 2.73. The second-order valence-corrected chi connectivity index (χ2v) is 4.44. The number of rotatable bonds is 2. The highest BCUT2D eigenvalue weighted by atomic mass is 19.1. The normalized spacial score (nSPS) is 9.67. The summed E-state index contributed by atoms with van der Waals surface area (Å²) in [6.07, 6.45) is 0. The van der Waals surface area contributed by atoms with Gasteiger partial charge in [-0.1, -0.05) is 30.0 Å². The monoisotopic (exact) mass is 283 g/mol. The van der Waals surface area contributed by atoms with E-state index in [9.17, 15) is 9.18 Å². The van der Waals surface area contributed by atoms with E-state index in [1.807, 2.05) is 0 Å². The lowest BCUT2D eigenvalue weighted by molar-refractivity contribution is 0.102. The van der Waals surface area contributed by atoms with E-state index in [0.29, 0.717) is 11.3 Å². The number of para-hydroxylation sites is 1.